The summed E-state index contributed by atoms with van der Waals surface area (Å²) in [7, 11) is 0. The van der Waals surface area contributed by atoms with Crippen LogP contribution in [-0.4, -0.2) is 21.9 Å². The Hall–Kier alpha value is -0.0800. The monoisotopic (exact) mass is 270 g/mol. The molecule has 1 saturated carbocycles. The van der Waals surface area contributed by atoms with Crippen LogP contribution in [0, 0.1) is 0 Å². The molecule has 0 amide bonds. The Balaban J connectivity index is 1.99. The minimum Gasteiger partial charge on any atom is -0.390 e. The van der Waals surface area contributed by atoms with E-state index < -0.39 is 11.7 Å². The van der Waals surface area contributed by atoms with E-state index in [2.05, 4.69) is 6.92 Å². The second-order valence-electron chi connectivity index (χ2n) is 6.44. The molecule has 2 nitrogen and oxygen atoms in total. The fraction of sp³-hybridized carbons (Fsp3) is 1.00. The highest BCUT2D eigenvalue weighted by molar-refractivity contribution is 4.88. The second-order valence-corrected chi connectivity index (χ2v) is 6.44. The van der Waals surface area contributed by atoms with E-state index in [-0.39, 0.29) is 0 Å². The molecule has 0 aromatic heterocycles. The van der Waals surface area contributed by atoms with E-state index >= 15 is 0 Å². The molecule has 0 radical (unpaired) electrons. The Morgan fingerprint density at radius 2 is 1.37 bits per heavy atom. The van der Waals surface area contributed by atoms with Crippen molar-refractivity contribution in [1.29, 1.82) is 0 Å². The topological polar surface area (TPSA) is 40.5 Å². The van der Waals surface area contributed by atoms with Crippen LogP contribution < -0.4 is 0 Å². The summed E-state index contributed by atoms with van der Waals surface area (Å²) in [6, 6.07) is 0. The largest absolute Gasteiger partial charge is 0.390 e. The van der Waals surface area contributed by atoms with Crippen molar-refractivity contribution in [2.75, 3.05) is 0 Å². The van der Waals surface area contributed by atoms with Crippen molar-refractivity contribution in [2.24, 2.45) is 0 Å². The molecule has 2 heteroatoms. The van der Waals surface area contributed by atoms with Gasteiger partial charge in [0.2, 0.25) is 0 Å². The van der Waals surface area contributed by atoms with E-state index in [0.29, 0.717) is 0 Å². The van der Waals surface area contributed by atoms with Crippen LogP contribution in [0.3, 0.4) is 0 Å². The highest BCUT2D eigenvalue weighted by Crippen LogP contribution is 2.32. The lowest BCUT2D eigenvalue weighted by molar-refractivity contribution is -0.100. The molecule has 0 aliphatic heterocycles. The van der Waals surface area contributed by atoms with Crippen molar-refractivity contribution in [2.45, 2.75) is 109 Å². The molecular formula is C17H34O2. The normalized spacial score (nSPS) is 20.4. The first-order chi connectivity index (χ1) is 9.19. The number of aliphatic hydroxyl groups is 2. The van der Waals surface area contributed by atoms with Crippen LogP contribution in [0.1, 0.15) is 96.8 Å². The zero-order valence-electron chi connectivity index (χ0n) is 12.9. The molecule has 0 aromatic carbocycles. The number of hydrogen-bond donors (Lipinski definition) is 2. The van der Waals surface area contributed by atoms with Crippen LogP contribution in [-0.2, 0) is 0 Å². The number of rotatable bonds is 10. The molecule has 0 spiro atoms. The summed E-state index contributed by atoms with van der Waals surface area (Å²) in [6.07, 6.45) is 15.6. The first-order valence-corrected chi connectivity index (χ1v) is 8.59. The van der Waals surface area contributed by atoms with Crippen molar-refractivity contribution < 1.29 is 10.2 Å². The van der Waals surface area contributed by atoms with Gasteiger partial charge < -0.3 is 10.2 Å². The van der Waals surface area contributed by atoms with Gasteiger partial charge in [-0.1, -0.05) is 77.6 Å². The lowest BCUT2D eigenvalue weighted by Crippen LogP contribution is -2.43. The van der Waals surface area contributed by atoms with Gasteiger partial charge in [0.05, 0.1) is 11.7 Å². The predicted octanol–water partition coefficient (Wildman–Crippen LogP) is 4.57. The van der Waals surface area contributed by atoms with Crippen LogP contribution in [0.25, 0.3) is 0 Å². The van der Waals surface area contributed by atoms with E-state index in [1.54, 1.807) is 0 Å². The zero-order valence-corrected chi connectivity index (χ0v) is 12.9. The molecule has 1 aliphatic carbocycles. The molecular weight excluding hydrogens is 236 g/mol. The molecule has 0 aromatic rings. The third-order valence-electron chi connectivity index (χ3n) is 4.67. The first-order valence-electron chi connectivity index (χ1n) is 8.59. The smallest absolute Gasteiger partial charge is 0.0905 e. The van der Waals surface area contributed by atoms with Gasteiger partial charge in [0.1, 0.15) is 0 Å². The maximum Gasteiger partial charge on any atom is 0.0905 e. The molecule has 1 atom stereocenters. The van der Waals surface area contributed by atoms with E-state index in [1.165, 1.54) is 51.4 Å². The van der Waals surface area contributed by atoms with Gasteiger partial charge in [0.25, 0.3) is 0 Å². The predicted molar refractivity (Wildman–Crippen MR) is 81.3 cm³/mol. The van der Waals surface area contributed by atoms with Gasteiger partial charge in [0.15, 0.2) is 0 Å². The van der Waals surface area contributed by atoms with Crippen molar-refractivity contribution in [3.63, 3.8) is 0 Å². The highest BCUT2D eigenvalue weighted by atomic mass is 16.3. The van der Waals surface area contributed by atoms with E-state index in [9.17, 15) is 10.2 Å². The Kier molecular flexibility index (Phi) is 8.72. The lowest BCUT2D eigenvalue weighted by Gasteiger charge is -2.36. The maximum absolute atomic E-state index is 10.4. The van der Waals surface area contributed by atoms with Crippen LogP contribution in [0.15, 0.2) is 0 Å². The summed E-state index contributed by atoms with van der Waals surface area (Å²) in [5.74, 6) is 0. The molecule has 1 aliphatic rings. The third kappa shape index (κ3) is 6.76. The minimum absolute atomic E-state index is 0.493. The summed E-state index contributed by atoms with van der Waals surface area (Å²) in [5, 5.41) is 20.5. The zero-order chi connectivity index (χ0) is 14.0. The summed E-state index contributed by atoms with van der Waals surface area (Å²) in [5.41, 5.74) is -0.765. The molecule has 0 heterocycles. The quantitative estimate of drug-likeness (QED) is 0.571. The van der Waals surface area contributed by atoms with Crippen LogP contribution in [0.2, 0.25) is 0 Å². The second kappa shape index (κ2) is 9.77. The Morgan fingerprint density at radius 1 is 0.842 bits per heavy atom. The molecule has 19 heavy (non-hydrogen) atoms. The Labute approximate surface area is 119 Å². The van der Waals surface area contributed by atoms with Crippen LogP contribution in [0.5, 0.6) is 0 Å². The lowest BCUT2D eigenvalue weighted by atomic mass is 9.79. The SMILES string of the molecule is CCCCCCCCCCC(O)C1(O)CCCCC1. The Morgan fingerprint density at radius 3 is 1.95 bits per heavy atom. The van der Waals surface area contributed by atoms with Crippen molar-refractivity contribution >= 4 is 0 Å². The van der Waals surface area contributed by atoms with Gasteiger partial charge in [-0.05, 0) is 19.3 Å². The highest BCUT2D eigenvalue weighted by Gasteiger charge is 2.36. The molecule has 1 fully saturated rings. The third-order valence-corrected chi connectivity index (χ3v) is 4.67. The number of aliphatic hydroxyl groups excluding tert-OH is 1. The van der Waals surface area contributed by atoms with E-state index in [0.717, 1.165) is 38.5 Å². The molecule has 1 unspecified atom stereocenters. The molecule has 114 valence electrons. The molecule has 1 rings (SSSR count). The van der Waals surface area contributed by atoms with Crippen molar-refractivity contribution in [3.05, 3.63) is 0 Å². The summed E-state index contributed by atoms with van der Waals surface area (Å²) in [6.45, 7) is 2.25. The molecule has 0 saturated heterocycles. The van der Waals surface area contributed by atoms with Gasteiger partial charge >= 0.3 is 0 Å². The van der Waals surface area contributed by atoms with E-state index in [4.69, 9.17) is 0 Å². The van der Waals surface area contributed by atoms with Crippen LogP contribution >= 0.6 is 0 Å². The standard InChI is InChI=1S/C17H34O2/c1-2-3-4-5-6-7-8-10-13-16(18)17(19)14-11-9-12-15-17/h16,18-19H,2-15H2,1H3. The van der Waals surface area contributed by atoms with Gasteiger partial charge in [0, 0.05) is 0 Å². The number of hydrogen-bond acceptors (Lipinski definition) is 2. The Bertz CT molecular complexity index is 209. The number of unbranched alkanes of at least 4 members (excludes halogenated alkanes) is 7. The van der Waals surface area contributed by atoms with Crippen LogP contribution in [0.4, 0.5) is 0 Å². The van der Waals surface area contributed by atoms with Crippen molar-refractivity contribution in [1.82, 2.24) is 0 Å². The average Bonchev–Trinajstić information content (AvgIpc) is 2.42. The molecule has 0 bridgehead atoms. The van der Waals surface area contributed by atoms with Gasteiger partial charge in [-0.25, -0.2) is 0 Å². The van der Waals surface area contributed by atoms with E-state index in [1.807, 2.05) is 0 Å². The fourth-order valence-electron chi connectivity index (χ4n) is 3.24. The summed E-state index contributed by atoms with van der Waals surface area (Å²) >= 11 is 0. The maximum atomic E-state index is 10.4. The average molecular weight is 270 g/mol. The van der Waals surface area contributed by atoms with Gasteiger partial charge in [-0.15, -0.1) is 0 Å². The minimum atomic E-state index is -0.765. The first kappa shape index (κ1) is 17.0. The summed E-state index contributed by atoms with van der Waals surface area (Å²) in [4.78, 5) is 0. The van der Waals surface area contributed by atoms with Gasteiger partial charge in [-0.3, -0.25) is 0 Å². The fourth-order valence-corrected chi connectivity index (χ4v) is 3.24. The summed E-state index contributed by atoms with van der Waals surface area (Å²) < 4.78 is 0. The van der Waals surface area contributed by atoms with Gasteiger partial charge in [-0.2, -0.15) is 0 Å². The van der Waals surface area contributed by atoms with Crippen molar-refractivity contribution in [3.8, 4) is 0 Å². The molecule has 2 N–H and O–H groups in total.